The first-order chi connectivity index (χ1) is 13.0. The molecule has 0 aliphatic carbocycles. The van der Waals surface area contributed by atoms with Crippen LogP contribution < -0.4 is 11.1 Å². The number of nitrogens with two attached hydrogens (primary N) is 1. The molecule has 138 valence electrons. The van der Waals surface area contributed by atoms with Gasteiger partial charge in [-0.25, -0.2) is 4.98 Å². The lowest BCUT2D eigenvalue weighted by atomic mass is 10.1. The molecular formula is C21H21N3O2S. The number of carbonyl (C=O) groups excluding carboxylic acids is 2. The van der Waals surface area contributed by atoms with Gasteiger partial charge in [0.15, 0.2) is 0 Å². The summed E-state index contributed by atoms with van der Waals surface area (Å²) in [5.74, 6) is -0.476. The summed E-state index contributed by atoms with van der Waals surface area (Å²) >= 11 is 1.62. The number of nitrogens with one attached hydrogen (secondary N) is 1. The van der Waals surface area contributed by atoms with Crippen LogP contribution in [0.25, 0.3) is 11.3 Å². The molecule has 0 aliphatic rings. The Morgan fingerprint density at radius 3 is 2.56 bits per heavy atom. The number of thiazole rings is 1. The number of hydrogen-bond acceptors (Lipinski definition) is 4. The molecule has 6 heteroatoms. The van der Waals surface area contributed by atoms with Crippen LogP contribution in [0, 0.1) is 6.92 Å². The van der Waals surface area contributed by atoms with E-state index in [0.29, 0.717) is 24.9 Å². The Balaban J connectivity index is 1.49. The van der Waals surface area contributed by atoms with Crippen molar-refractivity contribution in [1.82, 2.24) is 10.3 Å². The average molecular weight is 379 g/mol. The van der Waals surface area contributed by atoms with E-state index in [9.17, 15) is 9.59 Å². The lowest BCUT2D eigenvalue weighted by molar-refractivity contribution is -0.120. The Bertz CT molecular complexity index is 948. The normalized spacial score (nSPS) is 10.6. The van der Waals surface area contributed by atoms with Gasteiger partial charge >= 0.3 is 0 Å². The smallest absolute Gasteiger partial charge is 0.248 e. The van der Waals surface area contributed by atoms with Gasteiger partial charge in [0, 0.05) is 23.1 Å². The molecular weight excluding hydrogens is 358 g/mol. The lowest BCUT2D eigenvalue weighted by Crippen LogP contribution is -2.27. The molecule has 3 aromatic rings. The molecule has 0 saturated heterocycles. The summed E-state index contributed by atoms with van der Waals surface area (Å²) in [7, 11) is 0. The van der Waals surface area contributed by atoms with Gasteiger partial charge in [-0.1, -0.05) is 36.4 Å². The Labute approximate surface area is 162 Å². The van der Waals surface area contributed by atoms with Crippen molar-refractivity contribution in [3.63, 3.8) is 0 Å². The summed E-state index contributed by atoms with van der Waals surface area (Å²) in [5.41, 5.74) is 9.71. The molecule has 5 nitrogen and oxygen atoms in total. The molecule has 0 unspecified atom stereocenters. The summed E-state index contributed by atoms with van der Waals surface area (Å²) in [6.45, 7) is 2.49. The summed E-state index contributed by atoms with van der Waals surface area (Å²) in [4.78, 5) is 27.8. The maximum Gasteiger partial charge on any atom is 0.248 e. The number of primary amides is 1. The Morgan fingerprint density at radius 2 is 1.89 bits per heavy atom. The van der Waals surface area contributed by atoms with Crippen molar-refractivity contribution in [1.29, 1.82) is 0 Å². The van der Waals surface area contributed by atoms with E-state index < -0.39 is 5.91 Å². The minimum Gasteiger partial charge on any atom is -0.366 e. The van der Waals surface area contributed by atoms with E-state index in [1.54, 1.807) is 29.5 Å². The van der Waals surface area contributed by atoms with Gasteiger partial charge in [0.05, 0.1) is 17.1 Å². The van der Waals surface area contributed by atoms with Crippen LogP contribution in [0.1, 0.15) is 26.5 Å². The molecule has 2 amide bonds. The monoisotopic (exact) mass is 379 g/mol. The first-order valence-corrected chi connectivity index (χ1v) is 9.56. The Kier molecular flexibility index (Phi) is 5.98. The number of aryl methyl sites for hydroxylation is 1. The Hall–Kier alpha value is -2.99. The van der Waals surface area contributed by atoms with Crippen molar-refractivity contribution >= 4 is 23.2 Å². The molecule has 1 aromatic heterocycles. The molecule has 0 saturated carbocycles. The minimum absolute atomic E-state index is 0.0293. The molecule has 0 radical (unpaired) electrons. The molecule has 0 spiro atoms. The fourth-order valence-corrected chi connectivity index (χ4v) is 3.39. The number of nitrogens with zero attached hydrogens (tertiary/aromatic N) is 1. The zero-order chi connectivity index (χ0) is 19.2. The van der Waals surface area contributed by atoms with Gasteiger partial charge < -0.3 is 11.1 Å². The first kappa shape index (κ1) is 18.8. The van der Waals surface area contributed by atoms with E-state index in [1.807, 2.05) is 42.6 Å². The fourth-order valence-electron chi connectivity index (χ4n) is 2.76. The summed E-state index contributed by atoms with van der Waals surface area (Å²) in [5, 5.41) is 5.98. The predicted molar refractivity (Wildman–Crippen MR) is 108 cm³/mol. The van der Waals surface area contributed by atoms with Crippen LogP contribution in [0.4, 0.5) is 0 Å². The number of rotatable bonds is 7. The largest absolute Gasteiger partial charge is 0.366 e. The van der Waals surface area contributed by atoms with Crippen molar-refractivity contribution in [3.8, 4) is 11.3 Å². The molecule has 3 rings (SSSR count). The highest BCUT2D eigenvalue weighted by molar-refractivity contribution is 7.09. The van der Waals surface area contributed by atoms with Crippen molar-refractivity contribution < 1.29 is 9.59 Å². The average Bonchev–Trinajstić information content (AvgIpc) is 3.09. The number of aromatic nitrogens is 1. The number of benzene rings is 2. The van der Waals surface area contributed by atoms with E-state index in [1.165, 1.54) is 0 Å². The maximum atomic E-state index is 12.1. The predicted octanol–water partition coefficient (Wildman–Crippen LogP) is 3.12. The minimum atomic E-state index is -0.447. The molecule has 0 aliphatic heterocycles. The number of carbonyl (C=O) groups is 2. The summed E-state index contributed by atoms with van der Waals surface area (Å²) in [6.07, 6.45) is 0.979. The maximum absolute atomic E-state index is 12.1. The van der Waals surface area contributed by atoms with Crippen LogP contribution in [0.3, 0.4) is 0 Å². The van der Waals surface area contributed by atoms with E-state index >= 15 is 0 Å². The second kappa shape index (κ2) is 8.60. The van der Waals surface area contributed by atoms with Crippen molar-refractivity contribution in [2.45, 2.75) is 19.8 Å². The van der Waals surface area contributed by atoms with Crippen LogP contribution >= 0.6 is 11.3 Å². The second-order valence-electron chi connectivity index (χ2n) is 6.29. The lowest BCUT2D eigenvalue weighted by Gasteiger charge is -2.07. The molecule has 27 heavy (non-hydrogen) atoms. The molecule has 0 bridgehead atoms. The number of amides is 2. The standard InChI is InChI=1S/C21H21N3O2S/c1-14-24-19(13-27-14)17-7-5-16(6-8-17)12-20(25)23-10-9-15-3-2-4-18(11-15)21(22)26/h2-8,11,13H,9-10,12H2,1H3,(H2,22,26)(H,23,25). The van der Waals surface area contributed by atoms with E-state index in [0.717, 1.165) is 27.4 Å². The van der Waals surface area contributed by atoms with E-state index in [4.69, 9.17) is 5.73 Å². The van der Waals surface area contributed by atoms with Crippen LogP contribution in [0.15, 0.2) is 53.9 Å². The topological polar surface area (TPSA) is 85.1 Å². The van der Waals surface area contributed by atoms with Gasteiger partial charge in [0.2, 0.25) is 11.8 Å². The van der Waals surface area contributed by atoms with Gasteiger partial charge in [-0.15, -0.1) is 11.3 Å². The highest BCUT2D eigenvalue weighted by Crippen LogP contribution is 2.21. The Morgan fingerprint density at radius 1 is 1.11 bits per heavy atom. The first-order valence-electron chi connectivity index (χ1n) is 8.68. The van der Waals surface area contributed by atoms with E-state index in [2.05, 4.69) is 10.3 Å². The zero-order valence-corrected chi connectivity index (χ0v) is 15.9. The van der Waals surface area contributed by atoms with Gasteiger partial charge in [-0.05, 0) is 36.6 Å². The second-order valence-corrected chi connectivity index (χ2v) is 7.35. The van der Waals surface area contributed by atoms with Gasteiger partial charge in [0.1, 0.15) is 0 Å². The SMILES string of the molecule is Cc1nc(-c2ccc(CC(=O)NCCc3cccc(C(N)=O)c3)cc2)cs1. The van der Waals surface area contributed by atoms with Gasteiger partial charge in [0.25, 0.3) is 0 Å². The van der Waals surface area contributed by atoms with Crippen molar-refractivity contribution in [3.05, 3.63) is 75.6 Å². The molecule has 0 fully saturated rings. The summed E-state index contributed by atoms with van der Waals surface area (Å²) in [6, 6.07) is 15.0. The van der Waals surface area contributed by atoms with Crippen molar-refractivity contribution in [2.24, 2.45) is 5.73 Å². The van der Waals surface area contributed by atoms with Gasteiger partial charge in [-0.2, -0.15) is 0 Å². The van der Waals surface area contributed by atoms with Gasteiger partial charge in [-0.3, -0.25) is 9.59 Å². The van der Waals surface area contributed by atoms with Crippen LogP contribution in [-0.2, 0) is 17.6 Å². The third kappa shape index (κ3) is 5.24. The third-order valence-electron chi connectivity index (χ3n) is 4.18. The quantitative estimate of drug-likeness (QED) is 0.661. The van der Waals surface area contributed by atoms with Crippen LogP contribution in [0.2, 0.25) is 0 Å². The van der Waals surface area contributed by atoms with E-state index in [-0.39, 0.29) is 5.91 Å². The highest BCUT2D eigenvalue weighted by atomic mass is 32.1. The summed E-state index contributed by atoms with van der Waals surface area (Å²) < 4.78 is 0. The molecule has 2 aromatic carbocycles. The third-order valence-corrected chi connectivity index (χ3v) is 4.95. The van der Waals surface area contributed by atoms with Crippen LogP contribution in [-0.4, -0.2) is 23.3 Å². The fraction of sp³-hybridized carbons (Fsp3) is 0.190. The molecule has 1 heterocycles. The molecule has 0 atom stereocenters. The number of hydrogen-bond donors (Lipinski definition) is 2. The molecule has 3 N–H and O–H groups in total. The van der Waals surface area contributed by atoms with Crippen LogP contribution in [0.5, 0.6) is 0 Å². The van der Waals surface area contributed by atoms with Crippen molar-refractivity contribution in [2.75, 3.05) is 6.54 Å². The zero-order valence-electron chi connectivity index (χ0n) is 15.1. The highest BCUT2D eigenvalue weighted by Gasteiger charge is 2.06.